The van der Waals surface area contributed by atoms with Crippen LogP contribution in [0.1, 0.15) is 99.2 Å². The lowest BCUT2D eigenvalue weighted by Crippen LogP contribution is -2.82. The summed E-state index contributed by atoms with van der Waals surface area (Å²) in [6, 6.07) is 31.4. The minimum Gasteiger partial charge on any atom is -0.458 e. The number of esters is 4. The molecule has 4 aromatic rings. The van der Waals surface area contributed by atoms with Gasteiger partial charge in [0, 0.05) is 36.8 Å². The second kappa shape index (κ2) is 21.4. The Balaban J connectivity index is 1.32. The molecule has 2 bridgehead atoms. The quantitative estimate of drug-likeness (QED) is 0.0497. The molecule has 1 amide bonds. The van der Waals surface area contributed by atoms with Gasteiger partial charge in [0.1, 0.15) is 36.6 Å². The van der Waals surface area contributed by atoms with E-state index in [-0.39, 0.29) is 41.9 Å². The van der Waals surface area contributed by atoms with Crippen LogP contribution >= 0.6 is 0 Å². The number of aliphatic hydroxyl groups excluding tert-OH is 1. The molecule has 1 saturated heterocycles. The first-order valence-corrected chi connectivity index (χ1v) is 24.7. The van der Waals surface area contributed by atoms with Crippen molar-refractivity contribution in [1.82, 2.24) is 5.32 Å². The van der Waals surface area contributed by atoms with E-state index in [0.717, 1.165) is 6.92 Å². The lowest BCUT2D eigenvalue weighted by molar-refractivity contribution is -0.346. The highest BCUT2D eigenvalue weighted by atomic mass is 16.7. The van der Waals surface area contributed by atoms with Crippen LogP contribution in [0.5, 0.6) is 0 Å². The van der Waals surface area contributed by atoms with Gasteiger partial charge in [-0.05, 0) is 74.2 Å². The van der Waals surface area contributed by atoms with Gasteiger partial charge < -0.3 is 48.7 Å². The lowest BCUT2D eigenvalue weighted by Gasteiger charge is -2.67. The molecule has 0 unspecified atom stereocenters. The molecule has 1 heterocycles. The summed E-state index contributed by atoms with van der Waals surface area (Å²) >= 11 is 0. The maximum Gasteiger partial charge on any atom is 0.509 e. The van der Waals surface area contributed by atoms with Crippen molar-refractivity contribution >= 4 is 41.7 Å². The Morgan fingerprint density at radius 3 is 1.95 bits per heavy atom. The number of carbonyl (C=O) groups excluding carboxylic acids is 7. The maximum absolute atomic E-state index is 16.5. The van der Waals surface area contributed by atoms with Crippen molar-refractivity contribution < 1.29 is 76.9 Å². The number of aliphatic hydroxyl groups is 2. The van der Waals surface area contributed by atoms with Crippen LogP contribution in [-0.4, -0.2) is 106 Å². The number of ketones is 1. The van der Waals surface area contributed by atoms with E-state index in [1.54, 1.807) is 123 Å². The van der Waals surface area contributed by atoms with Gasteiger partial charge in [-0.3, -0.25) is 14.4 Å². The molecule has 75 heavy (non-hydrogen) atoms. The van der Waals surface area contributed by atoms with Crippen LogP contribution in [0.3, 0.4) is 0 Å². The molecule has 4 aliphatic rings. The lowest BCUT2D eigenvalue weighted by atomic mass is 9.44. The smallest absolute Gasteiger partial charge is 0.458 e. The number of ether oxygens (including phenoxy) is 7. The van der Waals surface area contributed by atoms with Crippen molar-refractivity contribution in [3.8, 4) is 0 Å². The van der Waals surface area contributed by atoms with Gasteiger partial charge in [-0.25, -0.2) is 19.2 Å². The van der Waals surface area contributed by atoms with E-state index >= 15 is 4.79 Å². The fourth-order valence-corrected chi connectivity index (χ4v) is 11.4. The Morgan fingerprint density at radius 2 is 1.37 bits per heavy atom. The molecular weight excluding hydrogens is 967 g/mol. The van der Waals surface area contributed by atoms with Gasteiger partial charge >= 0.3 is 30.0 Å². The summed E-state index contributed by atoms with van der Waals surface area (Å²) in [6.07, 6.45) is -11.3. The average molecular weight is 1030 g/mol. The summed E-state index contributed by atoms with van der Waals surface area (Å²) in [5, 5.41) is 28.9. The normalized spacial score (nSPS) is 28.1. The minimum absolute atomic E-state index is 0.0278. The molecular formula is C58H61NO16. The molecule has 11 atom stereocenters. The molecule has 0 spiro atoms. The SMILES string of the molecule is CC(=O)O[C@@]12CO[C@@H]1C[C@H](OC(=O)C=C(C)C)[C@@]1(C)C(=O)[C@H](OC(=O)OCc3ccccc3)C3=C(C)[C@@H](OC(=O)[C@H](O)[C@@H](NC(=O)c4ccccc4)c4ccccc4)C[C@@](O)([C@@H](OC(=O)c4ccccc4)[C@H]21)C3(C)C. The number of allylic oxidation sites excluding steroid dienone is 1. The van der Waals surface area contributed by atoms with E-state index in [1.807, 2.05) is 0 Å². The van der Waals surface area contributed by atoms with Crippen molar-refractivity contribution in [3.05, 3.63) is 166 Å². The number of hydrogen-bond acceptors (Lipinski definition) is 16. The molecule has 2 saturated carbocycles. The summed E-state index contributed by atoms with van der Waals surface area (Å²) in [7, 11) is 0. The van der Waals surface area contributed by atoms with Crippen LogP contribution in [0.2, 0.25) is 0 Å². The number of carbonyl (C=O) groups is 7. The Kier molecular flexibility index (Phi) is 15.4. The number of benzene rings is 4. The van der Waals surface area contributed by atoms with Crippen LogP contribution in [0.4, 0.5) is 4.79 Å². The standard InChI is InChI=1S/C58H61NO16/c1-33(2)28-43(61)72-41-29-42-57(32-70-42,75-35(4)60)48-50(74-52(65)39-26-18-11-19-27-39)58(68)30-40(71-53(66)46(62)45(37-22-14-9-15-23-37)59-51(64)38-24-16-10-17-25-38)34(3)44(55(58,5)6)47(49(63)56(41,48)7)73-54(67)69-31-36-20-12-8-13-21-36/h8-28,40-42,45-48,50,62,68H,29-32H2,1-7H3,(H,59,64)/t40-,41-,42+,45-,46+,47+,48-,50-,56+,57-,58+/m0/s1. The summed E-state index contributed by atoms with van der Waals surface area (Å²) < 4.78 is 43.2. The van der Waals surface area contributed by atoms with Gasteiger partial charge in [0.25, 0.3) is 5.91 Å². The zero-order valence-electron chi connectivity index (χ0n) is 42.7. The number of fused-ring (bicyclic) bond motifs is 5. The number of nitrogens with one attached hydrogen (secondary N) is 1. The van der Waals surface area contributed by atoms with Crippen molar-refractivity contribution in [2.24, 2.45) is 16.7 Å². The fraction of sp³-hybridized carbons (Fsp3) is 0.397. The van der Waals surface area contributed by atoms with Gasteiger partial charge in [0.15, 0.2) is 23.6 Å². The number of rotatable bonds is 14. The summed E-state index contributed by atoms with van der Waals surface area (Å²) in [6.45, 7) is 9.79. The van der Waals surface area contributed by atoms with Crippen molar-refractivity contribution in [1.29, 1.82) is 0 Å². The number of Topliss-reactive ketones (excluding diaryl/α,β-unsaturated/α-hetero) is 1. The molecule has 3 N–H and O–H groups in total. The fourth-order valence-electron chi connectivity index (χ4n) is 11.4. The summed E-state index contributed by atoms with van der Waals surface area (Å²) in [5.41, 5.74) is -6.71. The first kappa shape index (κ1) is 53.8. The van der Waals surface area contributed by atoms with E-state index < -0.39 is 119 Å². The molecule has 17 heteroatoms. The highest BCUT2D eigenvalue weighted by Crippen LogP contribution is 2.65. The zero-order valence-corrected chi connectivity index (χ0v) is 42.7. The first-order valence-electron chi connectivity index (χ1n) is 24.7. The number of hydrogen-bond donors (Lipinski definition) is 3. The van der Waals surface area contributed by atoms with Crippen LogP contribution in [0, 0.1) is 16.7 Å². The van der Waals surface area contributed by atoms with Crippen molar-refractivity contribution in [2.75, 3.05) is 6.61 Å². The molecule has 3 aliphatic carbocycles. The van der Waals surface area contributed by atoms with E-state index in [2.05, 4.69) is 5.32 Å². The second-order valence-electron chi connectivity index (χ2n) is 20.5. The molecule has 0 radical (unpaired) electrons. The van der Waals surface area contributed by atoms with Crippen LogP contribution in [0.15, 0.2) is 144 Å². The molecule has 3 fully saturated rings. The largest absolute Gasteiger partial charge is 0.509 e. The Bertz CT molecular complexity index is 2880. The van der Waals surface area contributed by atoms with E-state index in [1.165, 1.54) is 45.9 Å². The maximum atomic E-state index is 16.5. The average Bonchev–Trinajstić information content (AvgIpc) is 3.39. The molecule has 4 aromatic carbocycles. The molecule has 17 nitrogen and oxygen atoms in total. The third-order valence-corrected chi connectivity index (χ3v) is 15.2. The monoisotopic (exact) mass is 1030 g/mol. The summed E-state index contributed by atoms with van der Waals surface area (Å²) in [5.74, 6) is -7.19. The Labute approximate surface area is 434 Å². The molecule has 0 aromatic heterocycles. The van der Waals surface area contributed by atoms with Crippen molar-refractivity contribution in [3.63, 3.8) is 0 Å². The second-order valence-corrected chi connectivity index (χ2v) is 20.5. The van der Waals surface area contributed by atoms with Gasteiger partial charge in [-0.15, -0.1) is 0 Å². The first-order chi connectivity index (χ1) is 35.6. The predicted octanol–water partition coefficient (Wildman–Crippen LogP) is 7.04. The van der Waals surface area contributed by atoms with Gasteiger partial charge in [0.2, 0.25) is 0 Å². The molecule has 394 valence electrons. The third kappa shape index (κ3) is 10.2. The predicted molar refractivity (Wildman–Crippen MR) is 267 cm³/mol. The van der Waals surface area contributed by atoms with E-state index in [0.29, 0.717) is 16.7 Å². The number of amides is 1. The van der Waals surface area contributed by atoms with Gasteiger partial charge in [0.05, 0.1) is 29.5 Å². The van der Waals surface area contributed by atoms with E-state index in [9.17, 15) is 39.0 Å². The topological polar surface area (TPSA) is 237 Å². The van der Waals surface area contributed by atoms with E-state index in [4.69, 9.17) is 33.2 Å². The third-order valence-electron chi connectivity index (χ3n) is 15.2. The summed E-state index contributed by atoms with van der Waals surface area (Å²) in [4.78, 5) is 101. The van der Waals surface area contributed by atoms with Gasteiger partial charge in [-0.2, -0.15) is 0 Å². The zero-order chi connectivity index (χ0) is 54.0. The minimum atomic E-state index is -2.52. The molecule has 1 aliphatic heterocycles. The van der Waals surface area contributed by atoms with Gasteiger partial charge in [-0.1, -0.05) is 116 Å². The highest BCUT2D eigenvalue weighted by molar-refractivity contribution is 5.96. The van der Waals surface area contributed by atoms with Crippen LogP contribution < -0.4 is 5.32 Å². The highest BCUT2D eigenvalue weighted by Gasteiger charge is 2.79. The van der Waals surface area contributed by atoms with Crippen LogP contribution in [-0.2, 0) is 58.9 Å². The molecule has 8 rings (SSSR count). The Morgan fingerprint density at radius 1 is 0.787 bits per heavy atom. The Hall–Kier alpha value is -7.47. The van der Waals surface area contributed by atoms with Crippen LogP contribution in [0.25, 0.3) is 0 Å². The van der Waals surface area contributed by atoms with Crippen molar-refractivity contribution in [2.45, 2.75) is 122 Å².